The third-order valence-electron chi connectivity index (χ3n) is 4.22. The topological polar surface area (TPSA) is 73.9 Å². The number of hydrogen-bond acceptors (Lipinski definition) is 6. The Morgan fingerprint density at radius 2 is 1.72 bits per heavy atom. The maximum Gasteiger partial charge on any atom is 0.338 e. The van der Waals surface area contributed by atoms with Gasteiger partial charge in [0.15, 0.2) is 18.1 Å². The van der Waals surface area contributed by atoms with Gasteiger partial charge >= 0.3 is 5.97 Å². The molecule has 0 aliphatic heterocycles. The monoisotopic (exact) mass is 411 g/mol. The summed E-state index contributed by atoms with van der Waals surface area (Å²) in [4.78, 5) is 25.8. The van der Waals surface area contributed by atoms with E-state index >= 15 is 0 Å². The smallest absolute Gasteiger partial charge is 0.338 e. The molecule has 0 fully saturated rings. The van der Waals surface area contributed by atoms with E-state index in [1.165, 1.54) is 20.3 Å². The second-order valence-electron chi connectivity index (χ2n) is 6.07. The lowest BCUT2D eigenvalue weighted by molar-refractivity contribution is -0.124. The molecular formula is C22H21NO5S. The Labute approximate surface area is 173 Å². The Morgan fingerprint density at radius 1 is 0.966 bits per heavy atom. The van der Waals surface area contributed by atoms with E-state index in [4.69, 9.17) is 14.2 Å². The highest BCUT2D eigenvalue weighted by Gasteiger charge is 2.19. The lowest BCUT2D eigenvalue weighted by Crippen LogP contribution is -2.32. The van der Waals surface area contributed by atoms with Crippen molar-refractivity contribution in [2.45, 2.75) is 6.04 Å². The second-order valence-corrected chi connectivity index (χ2v) is 7.05. The second kappa shape index (κ2) is 9.75. The molecule has 3 rings (SSSR count). The van der Waals surface area contributed by atoms with Gasteiger partial charge in [-0.2, -0.15) is 0 Å². The summed E-state index contributed by atoms with van der Waals surface area (Å²) < 4.78 is 15.5. The van der Waals surface area contributed by atoms with Crippen molar-refractivity contribution in [3.05, 3.63) is 82.0 Å². The quantitative estimate of drug-likeness (QED) is 0.571. The zero-order valence-electron chi connectivity index (χ0n) is 16.1. The molecule has 0 saturated carbocycles. The first-order valence-corrected chi connectivity index (χ1v) is 9.77. The predicted octanol–water partition coefficient (Wildman–Crippen LogP) is 3.83. The van der Waals surface area contributed by atoms with Gasteiger partial charge in [-0.3, -0.25) is 4.79 Å². The fourth-order valence-corrected chi connectivity index (χ4v) is 3.60. The van der Waals surface area contributed by atoms with Crippen molar-refractivity contribution < 1.29 is 23.8 Å². The summed E-state index contributed by atoms with van der Waals surface area (Å²) in [5, 5.41) is 4.89. The van der Waals surface area contributed by atoms with Crippen LogP contribution in [0.1, 0.15) is 26.8 Å². The summed E-state index contributed by atoms with van der Waals surface area (Å²) in [6.07, 6.45) is 0. The number of benzene rings is 2. The number of carbonyl (C=O) groups excluding carboxylic acids is 2. The summed E-state index contributed by atoms with van der Waals surface area (Å²) >= 11 is 1.55. The highest BCUT2D eigenvalue weighted by Crippen LogP contribution is 2.28. The predicted molar refractivity (Wildman–Crippen MR) is 111 cm³/mol. The van der Waals surface area contributed by atoms with E-state index in [0.29, 0.717) is 11.5 Å². The highest BCUT2D eigenvalue weighted by molar-refractivity contribution is 7.10. The number of ether oxygens (including phenoxy) is 3. The lowest BCUT2D eigenvalue weighted by atomic mass is 10.1. The van der Waals surface area contributed by atoms with E-state index in [-0.39, 0.29) is 24.1 Å². The van der Waals surface area contributed by atoms with Gasteiger partial charge in [0.2, 0.25) is 0 Å². The maximum absolute atomic E-state index is 12.5. The van der Waals surface area contributed by atoms with Gasteiger partial charge in [0, 0.05) is 4.88 Å². The van der Waals surface area contributed by atoms with Crippen molar-refractivity contribution in [2.75, 3.05) is 20.8 Å². The average molecular weight is 411 g/mol. The number of thiophene rings is 1. The molecule has 0 spiro atoms. The third kappa shape index (κ3) is 5.14. The van der Waals surface area contributed by atoms with Crippen molar-refractivity contribution in [1.82, 2.24) is 5.32 Å². The van der Waals surface area contributed by atoms with Gasteiger partial charge in [0.05, 0.1) is 25.8 Å². The van der Waals surface area contributed by atoms with Crippen LogP contribution in [-0.2, 0) is 9.53 Å². The van der Waals surface area contributed by atoms with E-state index in [1.807, 2.05) is 47.8 Å². The standard InChI is InChI=1S/C22H21NO5S/c1-26-17-11-10-16(13-18(17)27-2)22(25)28-14-20(24)23-21(19-9-6-12-29-19)15-7-4-3-5-8-15/h3-13,21H,14H2,1-2H3,(H,23,24)/t21-/m1/s1. The zero-order chi connectivity index (χ0) is 20.6. The van der Waals surface area contributed by atoms with Gasteiger partial charge < -0.3 is 19.5 Å². The van der Waals surface area contributed by atoms with Crippen LogP contribution < -0.4 is 14.8 Å². The van der Waals surface area contributed by atoms with Crippen molar-refractivity contribution in [2.24, 2.45) is 0 Å². The maximum atomic E-state index is 12.5. The molecule has 0 saturated heterocycles. The van der Waals surface area contributed by atoms with Gasteiger partial charge in [-0.15, -0.1) is 11.3 Å². The molecule has 150 valence electrons. The molecular weight excluding hydrogens is 390 g/mol. The molecule has 7 heteroatoms. The largest absolute Gasteiger partial charge is 0.493 e. The minimum absolute atomic E-state index is 0.272. The van der Waals surface area contributed by atoms with Crippen LogP contribution in [0.4, 0.5) is 0 Å². The molecule has 0 unspecified atom stereocenters. The molecule has 1 atom stereocenters. The summed E-state index contributed by atoms with van der Waals surface area (Å²) in [7, 11) is 2.99. The number of esters is 1. The first kappa shape index (κ1) is 20.4. The Balaban J connectivity index is 1.64. The molecule has 3 aromatic rings. The van der Waals surface area contributed by atoms with E-state index in [9.17, 15) is 9.59 Å². The number of carbonyl (C=O) groups is 2. The van der Waals surface area contributed by atoms with Crippen LogP contribution in [0.15, 0.2) is 66.0 Å². The zero-order valence-corrected chi connectivity index (χ0v) is 16.9. The van der Waals surface area contributed by atoms with Crippen molar-refractivity contribution in [3.8, 4) is 11.5 Å². The highest BCUT2D eigenvalue weighted by atomic mass is 32.1. The molecule has 0 aliphatic rings. The summed E-state index contributed by atoms with van der Waals surface area (Å²) in [5.74, 6) is -0.0914. The van der Waals surface area contributed by atoms with E-state index in [1.54, 1.807) is 23.5 Å². The Hall–Kier alpha value is -3.32. The minimum atomic E-state index is -0.617. The van der Waals surface area contributed by atoms with Crippen LogP contribution in [0.3, 0.4) is 0 Å². The van der Waals surface area contributed by atoms with Crippen molar-refractivity contribution in [1.29, 1.82) is 0 Å². The van der Waals surface area contributed by atoms with Crippen LogP contribution in [0.2, 0.25) is 0 Å². The van der Waals surface area contributed by atoms with Crippen LogP contribution in [0.25, 0.3) is 0 Å². The molecule has 0 bridgehead atoms. The molecule has 1 aromatic heterocycles. The molecule has 29 heavy (non-hydrogen) atoms. The Kier molecular flexibility index (Phi) is 6.86. The molecule has 1 heterocycles. The fourth-order valence-electron chi connectivity index (χ4n) is 2.80. The summed E-state index contributed by atoms with van der Waals surface area (Å²) in [6, 6.07) is 17.9. The first-order chi connectivity index (χ1) is 14.1. The first-order valence-electron chi connectivity index (χ1n) is 8.89. The summed E-state index contributed by atoms with van der Waals surface area (Å²) in [5.41, 5.74) is 1.22. The molecule has 1 N–H and O–H groups in total. The summed E-state index contributed by atoms with van der Waals surface area (Å²) in [6.45, 7) is -0.387. The van der Waals surface area contributed by atoms with Crippen LogP contribution in [0, 0.1) is 0 Å². The van der Waals surface area contributed by atoms with Gasteiger partial charge in [-0.05, 0) is 35.2 Å². The van der Waals surface area contributed by atoms with Crippen LogP contribution in [-0.4, -0.2) is 32.7 Å². The van der Waals surface area contributed by atoms with Gasteiger partial charge in [-0.25, -0.2) is 4.79 Å². The van der Waals surface area contributed by atoms with Gasteiger partial charge in [0.1, 0.15) is 0 Å². The molecule has 2 aromatic carbocycles. The van der Waals surface area contributed by atoms with Gasteiger partial charge in [0.25, 0.3) is 5.91 Å². The Morgan fingerprint density at radius 3 is 2.38 bits per heavy atom. The van der Waals surface area contributed by atoms with E-state index < -0.39 is 5.97 Å². The van der Waals surface area contributed by atoms with Crippen molar-refractivity contribution in [3.63, 3.8) is 0 Å². The lowest BCUT2D eigenvalue weighted by Gasteiger charge is -2.18. The number of amides is 1. The third-order valence-corrected chi connectivity index (χ3v) is 5.16. The van der Waals surface area contributed by atoms with Crippen molar-refractivity contribution >= 4 is 23.2 Å². The normalized spacial score (nSPS) is 11.4. The number of rotatable bonds is 8. The van der Waals surface area contributed by atoms with Crippen LogP contribution >= 0.6 is 11.3 Å². The van der Waals surface area contributed by atoms with Gasteiger partial charge in [-0.1, -0.05) is 36.4 Å². The molecule has 1 amide bonds. The average Bonchev–Trinajstić information content (AvgIpc) is 3.30. The molecule has 6 nitrogen and oxygen atoms in total. The molecule has 0 aliphatic carbocycles. The Bertz CT molecular complexity index is 957. The SMILES string of the molecule is COc1ccc(C(=O)OCC(=O)N[C@H](c2ccccc2)c2cccs2)cc1OC. The number of hydrogen-bond donors (Lipinski definition) is 1. The fraction of sp³-hybridized carbons (Fsp3) is 0.182. The van der Waals surface area contributed by atoms with E-state index in [2.05, 4.69) is 5.32 Å². The van der Waals surface area contributed by atoms with E-state index in [0.717, 1.165) is 10.4 Å². The number of methoxy groups -OCH3 is 2. The number of nitrogens with one attached hydrogen (secondary N) is 1. The minimum Gasteiger partial charge on any atom is -0.493 e. The molecule has 0 radical (unpaired) electrons. The van der Waals surface area contributed by atoms with Crippen LogP contribution in [0.5, 0.6) is 11.5 Å².